The second kappa shape index (κ2) is 7.40. The Bertz CT molecular complexity index is 1070. The summed E-state index contributed by atoms with van der Waals surface area (Å²) in [5, 5.41) is 9.28. The van der Waals surface area contributed by atoms with Crippen molar-refractivity contribution in [3.63, 3.8) is 0 Å². The molecule has 2 aromatic carbocycles. The van der Waals surface area contributed by atoms with Crippen LogP contribution in [-0.2, 0) is 6.54 Å². The summed E-state index contributed by atoms with van der Waals surface area (Å²) in [5.41, 5.74) is 2.83. The maximum absolute atomic E-state index is 5.89. The topological polar surface area (TPSA) is 64.9 Å². The first-order valence-corrected chi connectivity index (χ1v) is 9.57. The van der Waals surface area contributed by atoms with E-state index in [2.05, 4.69) is 15.3 Å². The van der Waals surface area contributed by atoms with Crippen molar-refractivity contribution in [2.24, 2.45) is 5.92 Å². The fourth-order valence-corrected chi connectivity index (χ4v) is 3.68. The lowest BCUT2D eigenvalue weighted by molar-refractivity contribution is 0.458. The second-order valence-corrected chi connectivity index (χ2v) is 7.09. The van der Waals surface area contributed by atoms with Gasteiger partial charge < -0.3 is 10.1 Å². The van der Waals surface area contributed by atoms with Crippen molar-refractivity contribution in [1.29, 1.82) is 0 Å². The van der Waals surface area contributed by atoms with Gasteiger partial charge in [0.1, 0.15) is 23.5 Å². The highest BCUT2D eigenvalue weighted by Crippen LogP contribution is 2.30. The SMILES string of the molecule is c1ccc(Oc2ccc(-c3nn(C[C@@H]4CCNC4)c4ncncc34)cc2)cc1. The number of hydrogen-bond donors (Lipinski definition) is 1. The Morgan fingerprint density at radius 3 is 2.64 bits per heavy atom. The molecule has 2 aromatic heterocycles. The summed E-state index contributed by atoms with van der Waals surface area (Å²) in [6.45, 7) is 2.98. The van der Waals surface area contributed by atoms with Crippen LogP contribution in [0.15, 0.2) is 67.1 Å². The Kier molecular flexibility index (Phi) is 4.47. The van der Waals surface area contributed by atoms with Crippen LogP contribution < -0.4 is 10.1 Å². The van der Waals surface area contributed by atoms with Crippen molar-refractivity contribution in [2.45, 2.75) is 13.0 Å². The van der Waals surface area contributed by atoms with Crippen molar-refractivity contribution < 1.29 is 4.74 Å². The number of nitrogens with one attached hydrogen (secondary N) is 1. The number of rotatable bonds is 5. The highest BCUT2D eigenvalue weighted by Gasteiger charge is 2.19. The number of benzene rings is 2. The second-order valence-electron chi connectivity index (χ2n) is 7.09. The summed E-state index contributed by atoms with van der Waals surface area (Å²) in [7, 11) is 0. The first-order valence-electron chi connectivity index (χ1n) is 9.57. The third-order valence-corrected chi connectivity index (χ3v) is 5.11. The third-order valence-electron chi connectivity index (χ3n) is 5.11. The number of aromatic nitrogens is 4. The molecule has 4 aromatic rings. The Hall–Kier alpha value is -3.25. The molecule has 140 valence electrons. The molecule has 1 atom stereocenters. The number of para-hydroxylation sites is 1. The minimum Gasteiger partial charge on any atom is -0.457 e. The summed E-state index contributed by atoms with van der Waals surface area (Å²) in [6, 6.07) is 17.8. The summed E-state index contributed by atoms with van der Waals surface area (Å²) < 4.78 is 7.92. The van der Waals surface area contributed by atoms with Crippen LogP contribution in [0, 0.1) is 5.92 Å². The van der Waals surface area contributed by atoms with Gasteiger partial charge in [-0.25, -0.2) is 14.6 Å². The van der Waals surface area contributed by atoms with Crippen LogP contribution >= 0.6 is 0 Å². The van der Waals surface area contributed by atoms with E-state index in [4.69, 9.17) is 9.84 Å². The molecule has 1 N–H and O–H groups in total. The van der Waals surface area contributed by atoms with E-state index in [9.17, 15) is 0 Å². The summed E-state index contributed by atoms with van der Waals surface area (Å²) >= 11 is 0. The molecular formula is C22H21N5O. The Morgan fingerprint density at radius 2 is 1.86 bits per heavy atom. The Morgan fingerprint density at radius 1 is 1.04 bits per heavy atom. The molecule has 28 heavy (non-hydrogen) atoms. The fraction of sp³-hybridized carbons (Fsp3) is 0.227. The van der Waals surface area contributed by atoms with Crippen LogP contribution in [0.3, 0.4) is 0 Å². The highest BCUT2D eigenvalue weighted by atomic mass is 16.5. The molecule has 5 rings (SSSR count). The lowest BCUT2D eigenvalue weighted by atomic mass is 10.1. The first kappa shape index (κ1) is 16.9. The molecule has 0 aliphatic carbocycles. The molecule has 0 spiro atoms. The van der Waals surface area contributed by atoms with Gasteiger partial charge in [-0.2, -0.15) is 5.10 Å². The van der Waals surface area contributed by atoms with Crippen molar-refractivity contribution >= 4 is 11.0 Å². The molecule has 0 unspecified atom stereocenters. The van der Waals surface area contributed by atoms with Crippen molar-refractivity contribution in [3.8, 4) is 22.8 Å². The van der Waals surface area contributed by atoms with Crippen LogP contribution in [0.1, 0.15) is 6.42 Å². The molecule has 1 fully saturated rings. The van der Waals surface area contributed by atoms with Gasteiger partial charge in [0.2, 0.25) is 0 Å². The predicted molar refractivity (Wildman–Crippen MR) is 108 cm³/mol. The van der Waals surface area contributed by atoms with E-state index >= 15 is 0 Å². The van der Waals surface area contributed by atoms with Gasteiger partial charge in [0, 0.05) is 18.3 Å². The van der Waals surface area contributed by atoms with Gasteiger partial charge in [-0.05, 0) is 61.8 Å². The van der Waals surface area contributed by atoms with Gasteiger partial charge in [0.25, 0.3) is 0 Å². The highest BCUT2D eigenvalue weighted by molar-refractivity contribution is 5.90. The molecular weight excluding hydrogens is 350 g/mol. The molecule has 0 amide bonds. The van der Waals surface area contributed by atoms with Gasteiger partial charge >= 0.3 is 0 Å². The van der Waals surface area contributed by atoms with Crippen molar-refractivity contribution in [1.82, 2.24) is 25.1 Å². The van der Waals surface area contributed by atoms with Crippen LogP contribution in [0.2, 0.25) is 0 Å². The van der Waals surface area contributed by atoms with E-state index in [1.807, 2.05) is 65.5 Å². The average molecular weight is 371 g/mol. The molecule has 6 nitrogen and oxygen atoms in total. The van der Waals surface area contributed by atoms with E-state index in [0.29, 0.717) is 5.92 Å². The minimum absolute atomic E-state index is 0.590. The van der Waals surface area contributed by atoms with Crippen LogP contribution in [0.4, 0.5) is 0 Å². The smallest absolute Gasteiger partial charge is 0.161 e. The minimum atomic E-state index is 0.590. The molecule has 0 saturated carbocycles. The van der Waals surface area contributed by atoms with Crippen LogP contribution in [-0.4, -0.2) is 32.8 Å². The zero-order valence-corrected chi connectivity index (χ0v) is 15.5. The first-order chi connectivity index (χ1) is 13.9. The molecule has 0 radical (unpaired) electrons. The van der Waals surface area contributed by atoms with Crippen LogP contribution in [0.25, 0.3) is 22.3 Å². The van der Waals surface area contributed by atoms with Crippen LogP contribution in [0.5, 0.6) is 11.5 Å². The molecule has 0 bridgehead atoms. The molecule has 6 heteroatoms. The van der Waals surface area contributed by atoms with Crippen molar-refractivity contribution in [3.05, 3.63) is 67.1 Å². The molecule has 1 aliphatic heterocycles. The average Bonchev–Trinajstić information content (AvgIpc) is 3.38. The largest absolute Gasteiger partial charge is 0.457 e. The maximum Gasteiger partial charge on any atom is 0.161 e. The summed E-state index contributed by atoms with van der Waals surface area (Å²) in [5.74, 6) is 2.21. The van der Waals surface area contributed by atoms with E-state index in [-0.39, 0.29) is 0 Å². The molecule has 3 heterocycles. The van der Waals surface area contributed by atoms with Gasteiger partial charge in [-0.3, -0.25) is 0 Å². The lowest BCUT2D eigenvalue weighted by Gasteiger charge is -2.08. The van der Waals surface area contributed by atoms with E-state index < -0.39 is 0 Å². The fourth-order valence-electron chi connectivity index (χ4n) is 3.68. The zero-order valence-electron chi connectivity index (χ0n) is 15.5. The predicted octanol–water partition coefficient (Wildman–Crippen LogP) is 3.90. The lowest BCUT2D eigenvalue weighted by Crippen LogP contribution is -2.15. The summed E-state index contributed by atoms with van der Waals surface area (Å²) in [6.07, 6.45) is 4.61. The quantitative estimate of drug-likeness (QED) is 0.576. The van der Waals surface area contributed by atoms with Gasteiger partial charge in [0.15, 0.2) is 5.65 Å². The Labute approximate surface area is 163 Å². The summed E-state index contributed by atoms with van der Waals surface area (Å²) in [4.78, 5) is 8.70. The van der Waals surface area contributed by atoms with Crippen molar-refractivity contribution in [2.75, 3.05) is 13.1 Å². The van der Waals surface area contributed by atoms with E-state index in [0.717, 1.165) is 53.4 Å². The maximum atomic E-state index is 5.89. The number of hydrogen-bond acceptors (Lipinski definition) is 5. The third kappa shape index (κ3) is 3.34. The monoisotopic (exact) mass is 371 g/mol. The number of ether oxygens (including phenoxy) is 1. The molecule has 1 saturated heterocycles. The number of fused-ring (bicyclic) bond motifs is 1. The van der Waals surface area contributed by atoms with E-state index in [1.54, 1.807) is 6.33 Å². The van der Waals surface area contributed by atoms with E-state index in [1.165, 1.54) is 6.42 Å². The molecule has 1 aliphatic rings. The zero-order chi connectivity index (χ0) is 18.8. The van der Waals surface area contributed by atoms with Gasteiger partial charge in [-0.1, -0.05) is 18.2 Å². The normalized spacial score (nSPS) is 16.5. The number of nitrogens with zero attached hydrogens (tertiary/aromatic N) is 4. The van der Waals surface area contributed by atoms with Gasteiger partial charge in [-0.15, -0.1) is 0 Å². The standard InChI is InChI=1S/C22H21N5O/c1-2-4-18(5-3-1)28-19-8-6-17(7-9-19)21-20-13-24-15-25-22(20)27(26-21)14-16-10-11-23-12-16/h1-9,13,15-16,23H,10-12,14H2/t16-/m1/s1. The Balaban J connectivity index is 1.45. The van der Waals surface area contributed by atoms with Gasteiger partial charge in [0.05, 0.1) is 5.39 Å².